The van der Waals surface area contributed by atoms with Crippen molar-refractivity contribution in [3.8, 4) is 0 Å². The third-order valence-electron chi connectivity index (χ3n) is 3.51. The first-order chi connectivity index (χ1) is 9.32. The monoisotopic (exact) mass is 341 g/mol. The summed E-state index contributed by atoms with van der Waals surface area (Å²) in [5.74, 6) is -2.94. The number of benzene rings is 1. The average molecular weight is 342 g/mol. The van der Waals surface area contributed by atoms with E-state index in [0.29, 0.717) is 10.0 Å². The van der Waals surface area contributed by atoms with Gasteiger partial charge in [-0.15, -0.1) is 0 Å². The highest BCUT2D eigenvalue weighted by Crippen LogP contribution is 2.35. The van der Waals surface area contributed by atoms with Gasteiger partial charge >= 0.3 is 0 Å². The van der Waals surface area contributed by atoms with Crippen molar-refractivity contribution >= 4 is 33.4 Å². The van der Waals surface area contributed by atoms with E-state index in [0.717, 1.165) is 0 Å². The Morgan fingerprint density at radius 3 is 2.60 bits per heavy atom. The van der Waals surface area contributed by atoms with Gasteiger partial charge in [-0.3, -0.25) is 14.4 Å². The number of nitrogens with zero attached hydrogens (tertiary/aromatic N) is 1. The lowest BCUT2D eigenvalue weighted by Crippen LogP contribution is -2.48. The number of piperidine rings is 1. The highest BCUT2D eigenvalue weighted by molar-refractivity contribution is 9.10. The number of carbonyl (C=O) groups is 3. The zero-order valence-corrected chi connectivity index (χ0v) is 12.6. The van der Waals surface area contributed by atoms with Crippen molar-refractivity contribution in [1.29, 1.82) is 0 Å². The molecule has 1 amide bonds. The smallest absolute Gasteiger partial charge is 0.240 e. The van der Waals surface area contributed by atoms with E-state index < -0.39 is 29.5 Å². The molecule has 1 aromatic carbocycles. The number of carbonyl (C=O) groups excluding carboxylic acids is 3. The standard InChI is InChI=1S/C14H13BrFNO3/c1-7(18)13-12(19)6-11(17(2)14(13)20)9-4-3-8(16)5-10(9)15/h3-5,11,13H,6H2,1-2H3. The highest BCUT2D eigenvalue weighted by Gasteiger charge is 2.42. The second-order valence-corrected chi connectivity index (χ2v) is 5.70. The Balaban J connectivity index is 2.38. The molecule has 0 saturated carbocycles. The highest BCUT2D eigenvalue weighted by atomic mass is 79.9. The van der Waals surface area contributed by atoms with Crippen LogP contribution in [0.15, 0.2) is 22.7 Å². The van der Waals surface area contributed by atoms with Crippen LogP contribution in [0.25, 0.3) is 0 Å². The number of hydrogen-bond acceptors (Lipinski definition) is 3. The van der Waals surface area contributed by atoms with Crippen LogP contribution in [0.4, 0.5) is 4.39 Å². The largest absolute Gasteiger partial charge is 0.337 e. The van der Waals surface area contributed by atoms with Crippen molar-refractivity contribution < 1.29 is 18.8 Å². The minimum Gasteiger partial charge on any atom is -0.337 e. The Bertz CT molecular complexity index is 602. The molecule has 1 saturated heterocycles. The predicted octanol–water partition coefficient (Wildman–Crippen LogP) is 2.27. The van der Waals surface area contributed by atoms with Crippen LogP contribution in [0, 0.1) is 11.7 Å². The predicted molar refractivity (Wildman–Crippen MR) is 73.4 cm³/mol. The Labute approximate surface area is 124 Å². The van der Waals surface area contributed by atoms with Crippen LogP contribution in [0.3, 0.4) is 0 Å². The Kier molecular flexibility index (Phi) is 4.04. The van der Waals surface area contributed by atoms with Crippen LogP contribution in [0.2, 0.25) is 0 Å². The molecule has 106 valence electrons. The first kappa shape index (κ1) is 14.8. The molecular formula is C14H13BrFNO3. The summed E-state index contributed by atoms with van der Waals surface area (Å²) < 4.78 is 13.6. The fourth-order valence-corrected chi connectivity index (χ4v) is 3.05. The summed E-state index contributed by atoms with van der Waals surface area (Å²) >= 11 is 3.24. The zero-order chi connectivity index (χ0) is 15.0. The number of amides is 1. The molecular weight excluding hydrogens is 329 g/mol. The van der Waals surface area contributed by atoms with Gasteiger partial charge in [-0.2, -0.15) is 0 Å². The first-order valence-electron chi connectivity index (χ1n) is 6.07. The number of halogens is 2. The molecule has 6 heteroatoms. The van der Waals surface area contributed by atoms with Crippen LogP contribution in [-0.4, -0.2) is 29.4 Å². The number of hydrogen-bond donors (Lipinski definition) is 0. The maximum atomic E-state index is 13.1. The Hall–Kier alpha value is -1.56. The maximum Gasteiger partial charge on any atom is 0.240 e. The summed E-state index contributed by atoms with van der Waals surface area (Å²) in [5.41, 5.74) is 0.651. The van der Waals surface area contributed by atoms with E-state index in [4.69, 9.17) is 0 Å². The SMILES string of the molecule is CC(=O)C1C(=O)CC(c2ccc(F)cc2Br)N(C)C1=O. The number of ketones is 2. The van der Waals surface area contributed by atoms with Crippen molar-refractivity contribution in [3.63, 3.8) is 0 Å². The molecule has 4 nitrogen and oxygen atoms in total. The van der Waals surface area contributed by atoms with E-state index in [9.17, 15) is 18.8 Å². The van der Waals surface area contributed by atoms with E-state index in [1.807, 2.05) is 0 Å². The van der Waals surface area contributed by atoms with Gasteiger partial charge in [0.2, 0.25) is 5.91 Å². The second-order valence-electron chi connectivity index (χ2n) is 4.84. The van der Waals surface area contributed by atoms with Gasteiger partial charge in [0.25, 0.3) is 0 Å². The van der Waals surface area contributed by atoms with E-state index >= 15 is 0 Å². The Morgan fingerprint density at radius 2 is 2.05 bits per heavy atom. The quantitative estimate of drug-likeness (QED) is 0.775. The molecule has 1 aliphatic heterocycles. The fourth-order valence-electron chi connectivity index (χ4n) is 2.43. The van der Waals surface area contributed by atoms with Gasteiger partial charge in [0.1, 0.15) is 11.6 Å². The molecule has 0 aliphatic carbocycles. The van der Waals surface area contributed by atoms with Gasteiger partial charge < -0.3 is 4.90 Å². The van der Waals surface area contributed by atoms with Crippen molar-refractivity contribution in [3.05, 3.63) is 34.1 Å². The van der Waals surface area contributed by atoms with Crippen molar-refractivity contribution in [1.82, 2.24) is 4.90 Å². The molecule has 20 heavy (non-hydrogen) atoms. The summed E-state index contributed by atoms with van der Waals surface area (Å²) in [4.78, 5) is 36.9. The van der Waals surface area contributed by atoms with Crippen molar-refractivity contribution in [2.45, 2.75) is 19.4 Å². The third-order valence-corrected chi connectivity index (χ3v) is 4.19. The molecule has 1 fully saturated rings. The van der Waals surface area contributed by atoms with Crippen molar-refractivity contribution in [2.75, 3.05) is 7.05 Å². The summed E-state index contributed by atoms with van der Waals surface area (Å²) in [7, 11) is 1.55. The zero-order valence-electron chi connectivity index (χ0n) is 11.0. The van der Waals surface area contributed by atoms with E-state index in [1.54, 1.807) is 7.05 Å². The Morgan fingerprint density at radius 1 is 1.40 bits per heavy atom. The lowest BCUT2D eigenvalue weighted by atomic mass is 9.85. The second kappa shape index (κ2) is 5.44. The summed E-state index contributed by atoms with van der Waals surface area (Å²) in [6.07, 6.45) is 0.0523. The molecule has 2 rings (SSSR count). The lowest BCUT2D eigenvalue weighted by molar-refractivity contribution is -0.151. The minimum absolute atomic E-state index is 0.0523. The fraction of sp³-hybridized carbons (Fsp3) is 0.357. The van der Waals surface area contributed by atoms with Crippen molar-refractivity contribution in [2.24, 2.45) is 5.92 Å². The molecule has 2 unspecified atom stereocenters. The third kappa shape index (κ3) is 2.52. The van der Waals surface area contributed by atoms with Gasteiger partial charge in [-0.25, -0.2) is 4.39 Å². The van der Waals surface area contributed by atoms with Gasteiger partial charge in [-0.1, -0.05) is 22.0 Å². The van der Waals surface area contributed by atoms with Crippen LogP contribution in [-0.2, 0) is 14.4 Å². The summed E-state index contributed by atoms with van der Waals surface area (Å²) in [5, 5.41) is 0. The molecule has 1 aromatic rings. The molecule has 1 heterocycles. The molecule has 0 N–H and O–H groups in total. The average Bonchev–Trinajstić information content (AvgIpc) is 2.34. The lowest BCUT2D eigenvalue weighted by Gasteiger charge is -2.35. The topological polar surface area (TPSA) is 54.5 Å². The van der Waals surface area contributed by atoms with Crippen LogP contribution in [0.1, 0.15) is 24.9 Å². The summed E-state index contributed by atoms with van der Waals surface area (Å²) in [6, 6.07) is 3.62. The van der Waals surface area contributed by atoms with Gasteiger partial charge in [0.05, 0.1) is 6.04 Å². The molecule has 0 radical (unpaired) electrons. The normalized spacial score (nSPS) is 23.1. The first-order valence-corrected chi connectivity index (χ1v) is 6.87. The number of likely N-dealkylation sites (tertiary alicyclic amines) is 1. The van der Waals surface area contributed by atoms with Gasteiger partial charge in [0.15, 0.2) is 11.7 Å². The molecule has 2 atom stereocenters. The number of Topliss-reactive ketones (excluding diaryl/α,β-unsaturated/α-hetero) is 2. The van der Waals surface area contributed by atoms with Gasteiger partial charge in [-0.05, 0) is 24.6 Å². The van der Waals surface area contributed by atoms with E-state index in [-0.39, 0.29) is 12.2 Å². The summed E-state index contributed by atoms with van der Waals surface area (Å²) in [6.45, 7) is 1.24. The van der Waals surface area contributed by atoms with E-state index in [1.165, 1.54) is 30.0 Å². The minimum atomic E-state index is -1.20. The van der Waals surface area contributed by atoms with Gasteiger partial charge in [0, 0.05) is 17.9 Å². The molecule has 0 bridgehead atoms. The van der Waals surface area contributed by atoms with E-state index in [2.05, 4.69) is 15.9 Å². The molecule has 0 spiro atoms. The van der Waals surface area contributed by atoms with Crippen LogP contribution < -0.4 is 0 Å². The van der Waals surface area contributed by atoms with Crippen LogP contribution >= 0.6 is 15.9 Å². The molecule has 0 aromatic heterocycles. The molecule has 1 aliphatic rings. The number of rotatable bonds is 2. The maximum absolute atomic E-state index is 13.1. The van der Waals surface area contributed by atoms with Crippen LogP contribution in [0.5, 0.6) is 0 Å².